The number of unbranched alkanes of at least 4 members (excludes halogenated alkanes) is 1. The smallest absolute Gasteiger partial charge is 0.327 e. The van der Waals surface area contributed by atoms with Gasteiger partial charge in [-0.25, -0.2) is 10.1 Å². The molecular weight excluding hydrogens is 527 g/mol. The molecular formula is C21H33N6O8PS. The molecule has 0 amide bonds. The van der Waals surface area contributed by atoms with E-state index in [9.17, 15) is 19.6 Å². The van der Waals surface area contributed by atoms with Crippen LogP contribution in [0.1, 0.15) is 45.8 Å². The number of methoxy groups -OCH3 is 1. The third-order valence-corrected chi connectivity index (χ3v) is 10.4. The SMILES string of the molecule is CCCCOC(=O)C1CCCSP(=O)(OC[C@H]2O[C@@H](n3cnc4c(OC)nc(N)nc43)[C@](C)(O)[C@@H]2O)N1. The summed E-state index contributed by atoms with van der Waals surface area (Å²) in [7, 11) is 1.41. The average Bonchev–Trinajstić information content (AvgIpc) is 3.28. The Hall–Kier alpha value is -2.00. The summed E-state index contributed by atoms with van der Waals surface area (Å²) in [5, 5.41) is 24.9. The number of nitrogens with one attached hydrogen (secondary N) is 1. The highest BCUT2D eigenvalue weighted by molar-refractivity contribution is 8.56. The molecule has 2 unspecified atom stereocenters. The van der Waals surface area contributed by atoms with Crippen molar-refractivity contribution < 1.29 is 38.3 Å². The van der Waals surface area contributed by atoms with Crippen LogP contribution >= 0.6 is 18.1 Å². The van der Waals surface area contributed by atoms with Crippen LogP contribution in [-0.2, 0) is 23.4 Å². The highest BCUT2D eigenvalue weighted by Crippen LogP contribution is 2.58. The van der Waals surface area contributed by atoms with Gasteiger partial charge in [0.05, 0.1) is 26.7 Å². The maximum Gasteiger partial charge on any atom is 0.327 e. The monoisotopic (exact) mass is 560 g/mol. The molecule has 14 nitrogen and oxygen atoms in total. The molecule has 2 aromatic rings. The molecule has 0 aromatic carbocycles. The Morgan fingerprint density at radius 1 is 1.46 bits per heavy atom. The molecule has 2 fully saturated rings. The van der Waals surface area contributed by atoms with E-state index in [0.29, 0.717) is 30.7 Å². The van der Waals surface area contributed by atoms with Crippen LogP contribution < -0.4 is 15.6 Å². The zero-order valence-electron chi connectivity index (χ0n) is 20.9. The number of imidazole rings is 1. The lowest BCUT2D eigenvalue weighted by molar-refractivity contribution is -0.146. The van der Waals surface area contributed by atoms with Gasteiger partial charge in [0, 0.05) is 5.75 Å². The van der Waals surface area contributed by atoms with Crippen LogP contribution in [0.3, 0.4) is 0 Å². The number of esters is 1. The zero-order chi connectivity index (χ0) is 26.8. The Morgan fingerprint density at radius 3 is 2.97 bits per heavy atom. The van der Waals surface area contributed by atoms with E-state index in [1.54, 1.807) is 0 Å². The Kier molecular flexibility index (Phi) is 8.63. The van der Waals surface area contributed by atoms with Gasteiger partial charge < -0.3 is 34.7 Å². The number of nitrogens with two attached hydrogens (primary N) is 1. The quantitative estimate of drug-likeness (QED) is 0.195. The van der Waals surface area contributed by atoms with Gasteiger partial charge in [0.15, 0.2) is 17.4 Å². The molecule has 2 aliphatic heterocycles. The molecule has 2 aliphatic rings. The van der Waals surface area contributed by atoms with Crippen molar-refractivity contribution in [3.8, 4) is 5.88 Å². The van der Waals surface area contributed by atoms with Crippen LogP contribution in [0.5, 0.6) is 5.88 Å². The standard InChI is InChI=1S/C21H33N6O8PS/c1-4-5-8-33-18(29)12-7-6-9-37-36(31,26-12)34-10-13-15(28)21(2,30)19(35-13)27-11-23-14-16(27)24-20(22)25-17(14)32-3/h11-13,15,19,28,30H,4-10H2,1-3H3,(H,26,31)(H2,22,24,25)/t12?,13-,15-,19-,21-,36?/m1/s1. The molecule has 2 saturated heterocycles. The molecule has 16 heteroatoms. The largest absolute Gasteiger partial charge is 0.479 e. The van der Waals surface area contributed by atoms with Crippen LogP contribution in [0.25, 0.3) is 11.2 Å². The van der Waals surface area contributed by atoms with E-state index in [-0.39, 0.29) is 24.1 Å². The second-order valence-electron chi connectivity index (χ2n) is 9.08. The number of carbonyl (C=O) groups excluding carboxylic acids is 1. The third-order valence-electron chi connectivity index (χ3n) is 6.26. The second kappa shape index (κ2) is 11.4. The fourth-order valence-corrected chi connectivity index (χ4v) is 8.04. The van der Waals surface area contributed by atoms with Crippen LogP contribution in [0.4, 0.5) is 5.95 Å². The lowest BCUT2D eigenvalue weighted by atomic mass is 9.96. The number of hydrogen-bond donors (Lipinski definition) is 4. The third kappa shape index (κ3) is 5.87. The number of aliphatic hydroxyl groups excluding tert-OH is 1. The number of aliphatic hydroxyl groups is 2. The first-order valence-electron chi connectivity index (χ1n) is 12.0. The first kappa shape index (κ1) is 28.0. The summed E-state index contributed by atoms with van der Waals surface area (Å²) >= 11 is 1.08. The van der Waals surface area contributed by atoms with Crippen molar-refractivity contribution >= 4 is 41.2 Å². The molecule has 0 spiro atoms. The number of rotatable bonds is 9. The Balaban J connectivity index is 1.47. The van der Waals surface area contributed by atoms with Crippen molar-refractivity contribution in [2.24, 2.45) is 0 Å². The van der Waals surface area contributed by atoms with Crippen LogP contribution in [0, 0.1) is 0 Å². The predicted molar refractivity (Wildman–Crippen MR) is 135 cm³/mol. The molecule has 206 valence electrons. The van der Waals surface area contributed by atoms with E-state index >= 15 is 0 Å². The summed E-state index contributed by atoms with van der Waals surface area (Å²) in [4.78, 5) is 24.9. The van der Waals surface area contributed by atoms with Crippen molar-refractivity contribution in [2.75, 3.05) is 31.8 Å². The molecule has 6 atom stereocenters. The van der Waals surface area contributed by atoms with E-state index in [1.807, 2.05) is 6.92 Å². The normalized spacial score (nSPS) is 32.4. The van der Waals surface area contributed by atoms with E-state index in [2.05, 4.69) is 20.0 Å². The molecule has 4 heterocycles. The lowest BCUT2D eigenvalue weighted by Crippen LogP contribution is -2.44. The highest BCUT2D eigenvalue weighted by atomic mass is 32.7. The van der Waals surface area contributed by atoms with Crippen molar-refractivity contribution in [3.05, 3.63) is 6.33 Å². The number of fused-ring (bicyclic) bond motifs is 1. The number of carbonyl (C=O) groups is 1. The van der Waals surface area contributed by atoms with Crippen molar-refractivity contribution in [1.29, 1.82) is 0 Å². The van der Waals surface area contributed by atoms with Gasteiger partial charge in [0.25, 0.3) is 0 Å². The number of ether oxygens (including phenoxy) is 3. The van der Waals surface area contributed by atoms with Gasteiger partial charge in [-0.2, -0.15) is 9.97 Å². The molecule has 4 rings (SSSR count). The minimum atomic E-state index is -3.54. The minimum absolute atomic E-state index is 0.0680. The summed E-state index contributed by atoms with van der Waals surface area (Å²) in [6.45, 7) is -0.156. The fourth-order valence-electron chi connectivity index (χ4n) is 4.20. The molecule has 0 bridgehead atoms. The summed E-state index contributed by atoms with van der Waals surface area (Å²) < 4.78 is 37.1. The average molecular weight is 561 g/mol. The van der Waals surface area contributed by atoms with E-state index in [1.165, 1.54) is 24.9 Å². The number of nitrogens with zero attached hydrogens (tertiary/aromatic N) is 4. The summed E-state index contributed by atoms with van der Waals surface area (Å²) in [5.41, 5.74) is 4.53. The van der Waals surface area contributed by atoms with Crippen LogP contribution in [-0.4, -0.2) is 85.6 Å². The van der Waals surface area contributed by atoms with Gasteiger partial charge in [-0.3, -0.25) is 13.9 Å². The van der Waals surface area contributed by atoms with Crippen LogP contribution in [0.2, 0.25) is 0 Å². The maximum absolute atomic E-state index is 13.5. The molecule has 5 N–H and O–H groups in total. The number of aromatic nitrogens is 4. The van der Waals surface area contributed by atoms with E-state index in [0.717, 1.165) is 24.2 Å². The van der Waals surface area contributed by atoms with Gasteiger partial charge >= 0.3 is 12.7 Å². The molecule has 0 radical (unpaired) electrons. The molecule has 0 saturated carbocycles. The molecule has 0 aliphatic carbocycles. The predicted octanol–water partition coefficient (Wildman–Crippen LogP) is 1.38. The fraction of sp³-hybridized carbons (Fsp3) is 0.714. The van der Waals surface area contributed by atoms with Gasteiger partial charge in [0.2, 0.25) is 11.8 Å². The number of nitrogen functional groups attached to an aromatic ring is 1. The Bertz CT molecular complexity index is 1170. The minimum Gasteiger partial charge on any atom is -0.479 e. The molecule has 37 heavy (non-hydrogen) atoms. The lowest BCUT2D eigenvalue weighted by Gasteiger charge is -2.27. The van der Waals surface area contributed by atoms with E-state index in [4.69, 9.17) is 24.5 Å². The topological polar surface area (TPSA) is 193 Å². The van der Waals surface area contributed by atoms with Gasteiger partial charge in [-0.15, -0.1) is 0 Å². The van der Waals surface area contributed by atoms with Gasteiger partial charge in [-0.05, 0) is 26.2 Å². The molecule has 2 aromatic heterocycles. The summed E-state index contributed by atoms with van der Waals surface area (Å²) in [5.74, 6) is 0.128. The Labute approximate surface area is 217 Å². The van der Waals surface area contributed by atoms with Gasteiger partial charge in [0.1, 0.15) is 23.9 Å². The highest BCUT2D eigenvalue weighted by Gasteiger charge is 2.54. The van der Waals surface area contributed by atoms with Crippen LogP contribution in [0.15, 0.2) is 6.33 Å². The summed E-state index contributed by atoms with van der Waals surface area (Å²) in [6, 6.07) is -0.764. The first-order chi connectivity index (χ1) is 17.6. The Morgan fingerprint density at radius 2 is 2.24 bits per heavy atom. The first-order valence-corrected chi connectivity index (χ1v) is 15.2. The van der Waals surface area contributed by atoms with E-state index < -0.39 is 42.8 Å². The van der Waals surface area contributed by atoms with Crippen molar-refractivity contribution in [3.63, 3.8) is 0 Å². The number of anilines is 1. The zero-order valence-corrected chi connectivity index (χ0v) is 22.6. The van der Waals surface area contributed by atoms with Crippen molar-refractivity contribution in [2.45, 2.75) is 69.6 Å². The van der Waals surface area contributed by atoms with Gasteiger partial charge in [-0.1, -0.05) is 24.7 Å². The van der Waals surface area contributed by atoms with Crippen molar-refractivity contribution in [1.82, 2.24) is 24.6 Å². The second-order valence-corrected chi connectivity index (χ2v) is 13.5. The maximum atomic E-state index is 13.5. The summed E-state index contributed by atoms with van der Waals surface area (Å²) in [6.07, 6.45) is 0.538. The number of hydrogen-bond acceptors (Lipinski definition) is 13.